The van der Waals surface area contributed by atoms with Crippen molar-refractivity contribution < 1.29 is 118 Å². The van der Waals surface area contributed by atoms with E-state index in [0.29, 0.717) is 46.3 Å². The standard InChI is InChI=1S/C7H11N3O2.C7H16N2O.C6H11N3O3S.C6H9N3O2.2C6H14O.2C5H7NO.C4H8N4O3S.C4H10O.C3H5N3O2.C2H6O.2ClH/c1-4-6(8-5(2)11)7(12-3)10-9-4;1-8(2)7(6-10-5)9(3)4;1-4-5(9-13(3,10)11)6(12-2)8-7-4;1-4(10)3-5-7-6(11-2)9-8-5;1-6(2,3)5-7-4;1-4-6(5-2)7-3;2*1-7-5-2-3-6-4-5;1-11-4-5-3(6-7-4)8-12(2,9)10;1-4(2)5-3;1-8-3-2(7)4-6-5-3;1-3-2;;/h7,10H,1-3H3;6H,1-5H3;6,8H,1-3H3;6H,3H2,1-2H3;5H2,1-4H3;6H,4-5H2,1-3H3;2*2-5H,1H3;4H,1-2H3,(H,5,8);4H,1-3H3;3H,1H3,(H,4,5,7);1-2H3;2*1H/p-1. The molecule has 7 aliphatic rings. The number of quaternary nitrogens is 1. The van der Waals surface area contributed by atoms with Crippen LogP contribution in [0.25, 0.3) is 0 Å². The molecular weight excluding hydrogens is 1450 g/mol. The van der Waals surface area contributed by atoms with Gasteiger partial charge >= 0.3 is 0 Å². The first-order valence-corrected chi connectivity index (χ1v) is 34.8. The monoisotopic (exact) mass is 1570 g/mol. The molecule has 0 spiro atoms. The summed E-state index contributed by atoms with van der Waals surface area (Å²) in [4.78, 5) is 53.8. The number of sulfonamides is 2. The van der Waals surface area contributed by atoms with Crippen molar-refractivity contribution in [2.75, 3.05) is 140 Å². The van der Waals surface area contributed by atoms with Gasteiger partial charge in [0.2, 0.25) is 21.8 Å². The van der Waals surface area contributed by atoms with E-state index in [1.807, 2.05) is 45.0 Å². The number of carbonyl (C=O) groups excluding carboxylic acids is 3. The molecule has 0 aromatic carbocycles. The van der Waals surface area contributed by atoms with E-state index in [2.05, 4.69) is 154 Å². The largest absolute Gasteiger partial charge is 1.00 e. The van der Waals surface area contributed by atoms with Crippen LogP contribution in [0.1, 0.15) is 95.4 Å². The average Bonchev–Trinajstić information content (AvgIpc) is 1.71. The predicted octanol–water partition coefficient (Wildman–Crippen LogP) is -2.08. The number of hydrazone groups is 2. The van der Waals surface area contributed by atoms with Crippen LogP contribution < -0.4 is 50.7 Å². The number of amides is 2. The molecule has 604 valence electrons. The Labute approximate surface area is 628 Å². The van der Waals surface area contributed by atoms with Gasteiger partial charge in [0.15, 0.2) is 24.6 Å². The number of halogens is 2. The van der Waals surface area contributed by atoms with Crippen LogP contribution in [0.15, 0.2) is 107 Å². The van der Waals surface area contributed by atoms with Crippen LogP contribution >= 0.6 is 0 Å². The van der Waals surface area contributed by atoms with Crippen molar-refractivity contribution in [3.8, 4) is 0 Å². The first kappa shape index (κ1) is 111. The van der Waals surface area contributed by atoms with Gasteiger partial charge in [0.05, 0.1) is 70.4 Å². The van der Waals surface area contributed by atoms with Crippen LogP contribution in [0.3, 0.4) is 0 Å². The number of ketones is 1. The molecule has 0 aliphatic carbocycles. The van der Waals surface area contributed by atoms with Crippen LogP contribution in [0.2, 0.25) is 0 Å². The molecule has 0 radical (unpaired) electrons. The minimum atomic E-state index is -3.40. The fraction of sp³-hybridized carbons (Fsp3) is 0.721. The number of carbonyl (C=O) groups is 3. The highest BCUT2D eigenvalue weighted by atomic mass is 35.5. The van der Waals surface area contributed by atoms with Gasteiger partial charge in [-0.3, -0.25) is 44.8 Å². The maximum absolute atomic E-state index is 10.9. The highest BCUT2D eigenvalue weighted by molar-refractivity contribution is 7.89. The van der Waals surface area contributed by atoms with E-state index in [9.17, 15) is 31.2 Å². The normalized spacial score (nSPS) is 20.0. The number of Topliss-reactive ketones (excluding diaryl/α,β-unsaturated/α-hetero) is 1. The molecule has 2 amide bonds. The van der Waals surface area contributed by atoms with Gasteiger partial charge in [0.1, 0.15) is 29.4 Å². The second kappa shape index (κ2) is 65.7. The average molecular weight is 1570 g/mol. The quantitative estimate of drug-likeness (QED) is 0.0866. The summed E-state index contributed by atoms with van der Waals surface area (Å²) in [7, 11) is 22.1. The lowest BCUT2D eigenvalue weighted by molar-refractivity contribution is -0.826. The maximum Gasteiger partial charge on any atom is 0.295 e. The van der Waals surface area contributed by atoms with Crippen molar-refractivity contribution in [3.63, 3.8) is 0 Å². The number of guanidine groups is 1. The summed E-state index contributed by atoms with van der Waals surface area (Å²) in [5.74, 6) is 0.994. The van der Waals surface area contributed by atoms with Crippen LogP contribution in [-0.4, -0.2) is 282 Å². The summed E-state index contributed by atoms with van der Waals surface area (Å²) in [6.07, 6.45) is 15.2. The summed E-state index contributed by atoms with van der Waals surface area (Å²) in [5.41, 5.74) is 9.82. The molecule has 0 saturated heterocycles. The van der Waals surface area contributed by atoms with Crippen LogP contribution in [0.5, 0.6) is 0 Å². The Balaban J connectivity index is -0.000000200. The summed E-state index contributed by atoms with van der Waals surface area (Å²) in [5, 5.41) is 28.5. The number of ether oxygens (including phenoxy) is 12. The van der Waals surface area contributed by atoms with E-state index in [0.717, 1.165) is 37.8 Å². The third-order valence-corrected chi connectivity index (χ3v) is 12.2. The number of nitrogens with zero attached hydrogens (tertiary/aromatic N) is 15. The molecule has 7 unspecified atom stereocenters. The van der Waals surface area contributed by atoms with Gasteiger partial charge in [-0.05, 0) is 65.0 Å². The topological polar surface area (TPSA) is 459 Å². The zero-order valence-electron chi connectivity index (χ0n) is 66.1. The fourth-order valence-corrected chi connectivity index (χ4v) is 7.29. The Morgan fingerprint density at radius 1 is 0.702 bits per heavy atom. The Morgan fingerprint density at radius 2 is 1.16 bits per heavy atom. The first-order valence-electron chi connectivity index (χ1n) is 31.1. The predicted molar refractivity (Wildman–Crippen MR) is 394 cm³/mol. The Hall–Kier alpha value is -6.81. The molecule has 0 bridgehead atoms. The number of aliphatic imine (C=N–C) groups is 5. The number of azo groups is 2. The Morgan fingerprint density at radius 3 is 1.40 bits per heavy atom. The second-order valence-electron chi connectivity index (χ2n) is 22.4. The maximum atomic E-state index is 10.9. The number of hydrogen-bond donors (Lipinski definition) is 5. The van der Waals surface area contributed by atoms with E-state index in [-0.39, 0.29) is 73.2 Å². The highest BCUT2D eigenvalue weighted by Gasteiger charge is 2.26. The minimum Gasteiger partial charge on any atom is -1.00 e. The van der Waals surface area contributed by atoms with Gasteiger partial charge in [-0.2, -0.15) is 19.6 Å². The molecule has 7 aliphatic heterocycles. The molecule has 43 heteroatoms. The van der Waals surface area contributed by atoms with E-state index in [4.69, 9.17) is 42.6 Å². The summed E-state index contributed by atoms with van der Waals surface area (Å²) < 4.78 is 106. The van der Waals surface area contributed by atoms with Crippen molar-refractivity contribution in [2.45, 2.75) is 151 Å². The smallest absolute Gasteiger partial charge is 0.295 e. The Bertz CT molecular complexity index is 2960. The van der Waals surface area contributed by atoms with Crippen molar-refractivity contribution in [1.82, 2.24) is 25.9 Å². The third-order valence-electron chi connectivity index (χ3n) is 11.1. The van der Waals surface area contributed by atoms with Gasteiger partial charge in [-0.1, -0.05) is 39.8 Å². The fourth-order valence-electron chi connectivity index (χ4n) is 6.27. The van der Waals surface area contributed by atoms with E-state index < -0.39 is 45.2 Å². The molecule has 7 heterocycles. The highest BCUT2D eigenvalue weighted by Crippen LogP contribution is 2.12. The molecule has 5 N–H and O–H groups in total. The van der Waals surface area contributed by atoms with E-state index >= 15 is 0 Å². The van der Waals surface area contributed by atoms with Crippen molar-refractivity contribution >= 4 is 84.7 Å². The molecule has 0 fully saturated rings. The van der Waals surface area contributed by atoms with Gasteiger partial charge in [0.25, 0.3) is 40.8 Å². The van der Waals surface area contributed by atoms with E-state index in [1.54, 1.807) is 102 Å². The molecule has 0 saturated carbocycles. The number of methoxy groups -OCH3 is 12. The van der Waals surface area contributed by atoms with Crippen molar-refractivity contribution in [3.05, 3.63) is 36.6 Å². The number of rotatable bonds is 19. The van der Waals surface area contributed by atoms with Gasteiger partial charge in [-0.25, -0.2) is 32.2 Å². The lowest BCUT2D eigenvalue weighted by Crippen LogP contribution is -3.05. The molecule has 7 rings (SSSR count). The summed E-state index contributed by atoms with van der Waals surface area (Å²) in [6.45, 7) is 21.9. The van der Waals surface area contributed by atoms with Crippen LogP contribution in [0, 0.1) is 5.41 Å². The Kier molecular flexibility index (Phi) is 69.8. The molecule has 104 heavy (non-hydrogen) atoms. The van der Waals surface area contributed by atoms with Crippen molar-refractivity contribution in [2.24, 2.45) is 75.8 Å². The van der Waals surface area contributed by atoms with E-state index in [1.165, 1.54) is 54.3 Å². The number of hydrogen-bond acceptors (Lipinski definition) is 34. The zero-order valence-corrected chi connectivity index (χ0v) is 69.2. The van der Waals surface area contributed by atoms with Gasteiger partial charge in [-0.15, -0.1) is 25.6 Å². The molecule has 39 nitrogen and oxygen atoms in total. The molecular formula is C61H119Cl2N20O19S2-. The molecule has 0 aromatic rings. The number of nitrogens with one attached hydrogen (secondary N) is 5. The number of amidine groups is 1. The summed E-state index contributed by atoms with van der Waals surface area (Å²) in [6, 6.07) is 0. The van der Waals surface area contributed by atoms with Crippen molar-refractivity contribution in [1.29, 1.82) is 0 Å². The minimum absolute atomic E-state index is 0. The van der Waals surface area contributed by atoms with Crippen LogP contribution in [0.4, 0.5) is 0 Å². The SMILES string of the molecule is CCC(CC)OC.COC.COC(C)C.COC1C=CN=C1.COC1C=CN=C1.COC1N=NC(CC(C)=O)=N1.COC1N=NC(NS(C)(=O)=O)=N1.COC1N=NNC1=O.COC1NN=C(C)C1=NC(C)=O.COC1NN=C(C)C1=NS(C)(=O)=O.COC=C(N(C)C)[NH+](C)C.COCC(C)(C)C.[Cl-].[Cl-]. The zero-order chi connectivity index (χ0) is 79.6. The lowest BCUT2D eigenvalue weighted by atomic mass is 9.99. The molecule has 7 atom stereocenters. The van der Waals surface area contributed by atoms with Crippen LogP contribution in [-0.2, 0) is 91.3 Å². The third kappa shape index (κ3) is 62.6. The second-order valence-corrected chi connectivity index (χ2v) is 25.8. The molecule has 0 aromatic heterocycles. The first-order chi connectivity index (χ1) is 47.7. The van der Waals surface area contributed by atoms with Gasteiger partial charge < -0.3 is 86.6 Å². The van der Waals surface area contributed by atoms with Gasteiger partial charge in [0, 0.05) is 131 Å². The summed E-state index contributed by atoms with van der Waals surface area (Å²) >= 11 is 0. The lowest BCUT2D eigenvalue weighted by Gasteiger charge is -2.17.